The number of phenols is 3. The van der Waals surface area contributed by atoms with Crippen molar-refractivity contribution < 1.29 is 50.0 Å². The van der Waals surface area contributed by atoms with E-state index in [9.17, 15) is 40.5 Å². The molecule has 7 N–H and O–H groups in total. The van der Waals surface area contributed by atoms with E-state index in [1.165, 1.54) is 12.1 Å². The van der Waals surface area contributed by atoms with Crippen LogP contribution in [0.4, 0.5) is 0 Å². The number of rotatable bonds is 12. The van der Waals surface area contributed by atoms with Gasteiger partial charge in [0.1, 0.15) is 53.0 Å². The quantitative estimate of drug-likeness (QED) is 0.106. The van der Waals surface area contributed by atoms with Crippen molar-refractivity contribution in [2.75, 3.05) is 32.8 Å². The van der Waals surface area contributed by atoms with Crippen LogP contribution in [-0.2, 0) is 17.7 Å². The zero-order valence-corrected chi connectivity index (χ0v) is 29.1. The lowest BCUT2D eigenvalue weighted by atomic mass is 9.96. The number of halogens is 1. The number of aliphatic hydroxyl groups is 4. The van der Waals surface area contributed by atoms with Gasteiger partial charge in [-0.3, -0.25) is 14.6 Å². The fraction of sp³-hybridized carbons (Fsp3) is 0.359. The van der Waals surface area contributed by atoms with E-state index in [1.807, 2.05) is 42.5 Å². The molecule has 2 heterocycles. The van der Waals surface area contributed by atoms with Gasteiger partial charge < -0.3 is 45.2 Å². The van der Waals surface area contributed by atoms with Gasteiger partial charge in [-0.25, -0.2) is 0 Å². The zero-order valence-electron chi connectivity index (χ0n) is 28.3. The summed E-state index contributed by atoms with van der Waals surface area (Å²) in [5.74, 6) is -1.63. The number of hydrogen-bond donors (Lipinski definition) is 7. The molecular formula is C39H43ClN2O10. The lowest BCUT2D eigenvalue weighted by Crippen LogP contribution is -2.60. The highest BCUT2D eigenvalue weighted by Crippen LogP contribution is 2.41. The van der Waals surface area contributed by atoms with E-state index >= 15 is 0 Å². The standard InChI is InChI=1S/C39H43ClN2O10/c40-26-11-9-25(10-12-26)34(24-4-2-1-3-5-24)42-18-16-41(17-19-42)21-28-30(46)20-31(51-39-38(50)37(49)36(48)32(22-43)52-39)33(35(28)47)29(45)15-8-23-6-13-27(44)14-7-23/h1-7,9-14,20,32,34,36-39,43-44,46-50H,8,15-19,21-22H2/t32-,34?,36-,37+,38-,39-/m0/s1. The number of carbonyl (C=O) groups is 1. The smallest absolute Gasteiger partial charge is 0.229 e. The normalized spacial score (nSPS) is 23.3. The van der Waals surface area contributed by atoms with Crippen molar-refractivity contribution in [2.45, 2.75) is 56.1 Å². The second kappa shape index (κ2) is 16.6. The molecule has 0 bridgehead atoms. The van der Waals surface area contributed by atoms with Gasteiger partial charge >= 0.3 is 0 Å². The Morgan fingerprint density at radius 3 is 2.15 bits per heavy atom. The molecule has 0 aliphatic carbocycles. The highest BCUT2D eigenvalue weighted by atomic mass is 35.5. The van der Waals surface area contributed by atoms with Crippen LogP contribution < -0.4 is 4.74 Å². The summed E-state index contributed by atoms with van der Waals surface area (Å²) in [4.78, 5) is 18.3. The van der Waals surface area contributed by atoms with Gasteiger partial charge in [0.05, 0.1) is 18.2 Å². The molecule has 2 fully saturated rings. The number of nitrogens with zero attached hydrogens (tertiary/aromatic N) is 2. The molecule has 52 heavy (non-hydrogen) atoms. The number of aryl methyl sites for hydroxylation is 1. The summed E-state index contributed by atoms with van der Waals surface area (Å²) in [6.07, 6.45) is -7.93. The molecular weight excluding hydrogens is 692 g/mol. The predicted molar refractivity (Wildman–Crippen MR) is 192 cm³/mol. The van der Waals surface area contributed by atoms with Crippen LogP contribution in [0.25, 0.3) is 0 Å². The van der Waals surface area contributed by atoms with Crippen LogP contribution in [0.15, 0.2) is 84.9 Å². The number of aromatic hydroxyl groups is 3. The number of aliphatic hydroxyl groups excluding tert-OH is 4. The number of Topliss-reactive ketones (excluding diaryl/α,β-unsaturated/α-hetero) is 1. The minimum atomic E-state index is -1.79. The molecule has 0 radical (unpaired) electrons. The van der Waals surface area contributed by atoms with Crippen molar-refractivity contribution >= 4 is 17.4 Å². The number of ketones is 1. The predicted octanol–water partition coefficient (Wildman–Crippen LogP) is 3.36. The van der Waals surface area contributed by atoms with Crippen molar-refractivity contribution in [3.05, 3.63) is 118 Å². The molecule has 0 aromatic heterocycles. The maximum atomic E-state index is 13.8. The summed E-state index contributed by atoms with van der Waals surface area (Å²) >= 11 is 6.19. The molecule has 0 amide bonds. The Bertz CT molecular complexity index is 1800. The minimum Gasteiger partial charge on any atom is -0.508 e. The monoisotopic (exact) mass is 734 g/mol. The van der Waals surface area contributed by atoms with E-state index in [2.05, 4.69) is 21.9 Å². The molecule has 1 unspecified atom stereocenters. The molecule has 13 heteroatoms. The fourth-order valence-electron chi connectivity index (χ4n) is 6.82. The van der Waals surface area contributed by atoms with Crippen LogP contribution in [0.1, 0.15) is 45.1 Å². The average molecular weight is 735 g/mol. The first-order valence-corrected chi connectivity index (χ1v) is 17.5. The van der Waals surface area contributed by atoms with Gasteiger partial charge in [0.2, 0.25) is 6.29 Å². The number of piperazine rings is 1. The average Bonchev–Trinajstić information content (AvgIpc) is 3.15. The molecule has 4 aromatic carbocycles. The van der Waals surface area contributed by atoms with Crippen molar-refractivity contribution in [1.29, 1.82) is 0 Å². The molecule has 2 aliphatic rings. The molecule has 276 valence electrons. The Hall–Kier alpha value is -4.24. The third-order valence-electron chi connectivity index (χ3n) is 9.75. The molecule has 6 atom stereocenters. The lowest BCUT2D eigenvalue weighted by Gasteiger charge is -2.40. The summed E-state index contributed by atoms with van der Waals surface area (Å²) in [7, 11) is 0. The van der Waals surface area contributed by atoms with Gasteiger partial charge in [0.25, 0.3) is 0 Å². The Balaban J connectivity index is 1.24. The van der Waals surface area contributed by atoms with Crippen molar-refractivity contribution in [3.8, 4) is 23.0 Å². The maximum Gasteiger partial charge on any atom is 0.229 e. The Labute approximate surface area is 306 Å². The highest BCUT2D eigenvalue weighted by molar-refractivity contribution is 6.30. The van der Waals surface area contributed by atoms with Gasteiger partial charge in [-0.05, 0) is 47.4 Å². The first-order chi connectivity index (χ1) is 25.0. The fourth-order valence-corrected chi connectivity index (χ4v) is 6.95. The van der Waals surface area contributed by atoms with Gasteiger partial charge in [0.15, 0.2) is 5.78 Å². The molecule has 0 spiro atoms. The van der Waals surface area contributed by atoms with Crippen molar-refractivity contribution in [3.63, 3.8) is 0 Å². The number of hydrogen-bond acceptors (Lipinski definition) is 12. The van der Waals surface area contributed by atoms with E-state index in [0.29, 0.717) is 31.2 Å². The van der Waals surface area contributed by atoms with E-state index in [-0.39, 0.29) is 53.8 Å². The second-order valence-corrected chi connectivity index (χ2v) is 13.6. The van der Waals surface area contributed by atoms with Crippen molar-refractivity contribution in [2.24, 2.45) is 0 Å². The van der Waals surface area contributed by atoms with Gasteiger partial charge in [-0.1, -0.05) is 66.2 Å². The van der Waals surface area contributed by atoms with E-state index in [1.54, 1.807) is 12.1 Å². The number of carbonyl (C=O) groups excluding carboxylic acids is 1. The second-order valence-electron chi connectivity index (χ2n) is 13.2. The van der Waals surface area contributed by atoms with Crippen molar-refractivity contribution in [1.82, 2.24) is 9.80 Å². The topological polar surface area (TPSA) is 184 Å². The van der Waals surface area contributed by atoms with E-state index in [4.69, 9.17) is 21.1 Å². The summed E-state index contributed by atoms with van der Waals surface area (Å²) in [6, 6.07) is 25.5. The maximum absolute atomic E-state index is 13.8. The highest BCUT2D eigenvalue weighted by Gasteiger charge is 2.45. The van der Waals surface area contributed by atoms with Gasteiger partial charge in [-0.2, -0.15) is 0 Å². The Morgan fingerprint density at radius 2 is 1.50 bits per heavy atom. The largest absolute Gasteiger partial charge is 0.508 e. The van der Waals surface area contributed by atoms with E-state index < -0.39 is 48.8 Å². The SMILES string of the molecule is O=C(CCc1ccc(O)cc1)c1c(O[C@H]2O[C@@H](CO)[C@H](O)[C@@H](O)[C@@H]2O)cc(O)c(CN2CCN(C(c3ccccc3)c3ccc(Cl)cc3)CC2)c1O. The molecule has 2 aliphatic heterocycles. The first kappa shape index (κ1) is 37.5. The first-order valence-electron chi connectivity index (χ1n) is 17.2. The number of ether oxygens (including phenoxy) is 2. The van der Waals surface area contributed by atoms with Crippen LogP contribution >= 0.6 is 11.6 Å². The number of phenolic OH excluding ortho intramolecular Hbond substituents is 3. The van der Waals surface area contributed by atoms with Crippen LogP contribution in [0.2, 0.25) is 5.02 Å². The summed E-state index contributed by atoms with van der Waals surface area (Å²) in [5, 5.41) is 74.0. The number of benzene rings is 4. The Kier molecular flexibility index (Phi) is 12.0. The third kappa shape index (κ3) is 8.35. The van der Waals surface area contributed by atoms with Crippen LogP contribution in [-0.4, -0.2) is 115 Å². The molecule has 12 nitrogen and oxygen atoms in total. The molecule has 4 aromatic rings. The third-order valence-corrected chi connectivity index (χ3v) is 10.0. The molecule has 6 rings (SSSR count). The summed E-state index contributed by atoms with van der Waals surface area (Å²) in [5.41, 5.74) is 2.85. The van der Waals surface area contributed by atoms with Crippen LogP contribution in [0.5, 0.6) is 23.0 Å². The molecule has 2 saturated heterocycles. The lowest BCUT2D eigenvalue weighted by molar-refractivity contribution is -0.277. The Morgan fingerprint density at radius 1 is 0.846 bits per heavy atom. The molecule has 0 saturated carbocycles. The van der Waals surface area contributed by atoms with E-state index in [0.717, 1.165) is 22.8 Å². The van der Waals surface area contributed by atoms with Gasteiger partial charge in [0, 0.05) is 50.2 Å². The van der Waals surface area contributed by atoms with Crippen LogP contribution in [0.3, 0.4) is 0 Å². The minimum absolute atomic E-state index is 0.0147. The summed E-state index contributed by atoms with van der Waals surface area (Å²) < 4.78 is 11.3. The summed E-state index contributed by atoms with van der Waals surface area (Å²) in [6.45, 7) is 1.92. The zero-order chi connectivity index (χ0) is 36.9. The van der Waals surface area contributed by atoms with Gasteiger partial charge in [-0.15, -0.1) is 0 Å². The van der Waals surface area contributed by atoms with Crippen LogP contribution in [0, 0.1) is 0 Å².